The second-order valence-electron chi connectivity index (χ2n) is 5.30. The van der Waals surface area contributed by atoms with Crippen LogP contribution in [0.1, 0.15) is 32.6 Å². The second-order valence-corrected chi connectivity index (χ2v) is 5.30. The van der Waals surface area contributed by atoms with E-state index < -0.39 is 0 Å². The number of likely N-dealkylation sites (N-methyl/N-ethyl adjacent to an activating group) is 1. The van der Waals surface area contributed by atoms with Gasteiger partial charge < -0.3 is 10.0 Å². The van der Waals surface area contributed by atoms with E-state index in [1.165, 1.54) is 12.8 Å². The lowest BCUT2D eigenvalue weighted by atomic mass is 9.98. The summed E-state index contributed by atoms with van der Waals surface area (Å²) in [5.74, 6) is 0.680. The molecule has 2 fully saturated rings. The summed E-state index contributed by atoms with van der Waals surface area (Å²) >= 11 is 0. The van der Waals surface area contributed by atoms with Crippen LogP contribution < -0.4 is 0 Å². The molecule has 0 radical (unpaired) electrons. The molecule has 2 aliphatic rings. The van der Waals surface area contributed by atoms with Crippen LogP contribution in [0, 0.1) is 5.92 Å². The second kappa shape index (κ2) is 5.83. The predicted molar refractivity (Wildman–Crippen MR) is 66.7 cm³/mol. The average molecular weight is 240 g/mol. The van der Waals surface area contributed by atoms with Gasteiger partial charge in [-0.1, -0.05) is 6.92 Å². The highest BCUT2D eigenvalue weighted by atomic mass is 16.3. The summed E-state index contributed by atoms with van der Waals surface area (Å²) in [6, 6.07) is 0.666. The molecule has 1 aliphatic carbocycles. The molecule has 2 rings (SSSR count). The smallest absolute Gasteiger partial charge is 0.236 e. The van der Waals surface area contributed by atoms with E-state index in [2.05, 4.69) is 11.8 Å². The average Bonchev–Trinajstić information content (AvgIpc) is 3.20. The number of amides is 1. The Morgan fingerprint density at radius 3 is 2.41 bits per heavy atom. The van der Waals surface area contributed by atoms with Gasteiger partial charge in [0, 0.05) is 25.7 Å². The first-order valence-electron chi connectivity index (χ1n) is 6.87. The third-order valence-corrected chi connectivity index (χ3v) is 4.03. The molecular formula is C13H24N2O2. The lowest BCUT2D eigenvalue weighted by Crippen LogP contribution is -2.45. The first kappa shape index (κ1) is 12.8. The Bertz CT molecular complexity index is 258. The maximum atomic E-state index is 12.1. The summed E-state index contributed by atoms with van der Waals surface area (Å²) in [7, 11) is 0. The molecule has 1 heterocycles. The van der Waals surface area contributed by atoms with Crippen molar-refractivity contribution in [1.82, 2.24) is 9.80 Å². The molecule has 1 saturated heterocycles. The van der Waals surface area contributed by atoms with Gasteiger partial charge in [-0.25, -0.2) is 0 Å². The highest BCUT2D eigenvalue weighted by molar-refractivity contribution is 5.78. The Balaban J connectivity index is 1.76. The summed E-state index contributed by atoms with van der Waals surface area (Å²) in [6.45, 7) is 5.61. The van der Waals surface area contributed by atoms with Gasteiger partial charge >= 0.3 is 0 Å². The zero-order valence-electron chi connectivity index (χ0n) is 10.8. The van der Waals surface area contributed by atoms with Crippen molar-refractivity contribution in [3.8, 4) is 0 Å². The molecule has 0 aromatic heterocycles. The fourth-order valence-electron chi connectivity index (χ4n) is 2.58. The van der Waals surface area contributed by atoms with E-state index in [0.29, 0.717) is 18.5 Å². The molecule has 4 heteroatoms. The molecule has 98 valence electrons. The fourth-order valence-corrected chi connectivity index (χ4v) is 2.58. The molecule has 0 aromatic rings. The zero-order chi connectivity index (χ0) is 12.3. The van der Waals surface area contributed by atoms with Crippen LogP contribution in [0.15, 0.2) is 0 Å². The van der Waals surface area contributed by atoms with Gasteiger partial charge in [-0.15, -0.1) is 0 Å². The van der Waals surface area contributed by atoms with Gasteiger partial charge in [-0.05, 0) is 38.1 Å². The number of likely N-dealkylation sites (tertiary alicyclic amines) is 1. The van der Waals surface area contributed by atoms with Crippen LogP contribution >= 0.6 is 0 Å². The summed E-state index contributed by atoms with van der Waals surface area (Å²) in [6.07, 6.45) is 4.43. The number of carbonyl (C=O) groups excluding carboxylic acids is 1. The minimum Gasteiger partial charge on any atom is -0.396 e. The number of rotatable bonds is 5. The number of hydrogen-bond acceptors (Lipinski definition) is 3. The minimum absolute atomic E-state index is 0.269. The van der Waals surface area contributed by atoms with Gasteiger partial charge in [0.1, 0.15) is 0 Å². The molecule has 1 aliphatic heterocycles. The lowest BCUT2D eigenvalue weighted by Gasteiger charge is -2.32. The maximum Gasteiger partial charge on any atom is 0.236 e. The van der Waals surface area contributed by atoms with E-state index >= 15 is 0 Å². The van der Waals surface area contributed by atoms with Crippen molar-refractivity contribution in [3.63, 3.8) is 0 Å². The third kappa shape index (κ3) is 3.42. The molecule has 0 unspecified atom stereocenters. The van der Waals surface area contributed by atoms with E-state index in [4.69, 9.17) is 5.11 Å². The monoisotopic (exact) mass is 240 g/mol. The summed E-state index contributed by atoms with van der Waals surface area (Å²) in [5.41, 5.74) is 0. The molecule has 1 amide bonds. The normalized spacial score (nSPS) is 22.2. The van der Waals surface area contributed by atoms with Crippen LogP contribution in [0.5, 0.6) is 0 Å². The summed E-state index contributed by atoms with van der Waals surface area (Å²) < 4.78 is 0. The molecule has 0 atom stereocenters. The number of hydrogen-bond donors (Lipinski definition) is 1. The van der Waals surface area contributed by atoms with E-state index in [9.17, 15) is 4.79 Å². The molecule has 1 saturated carbocycles. The van der Waals surface area contributed by atoms with Crippen LogP contribution in [0.25, 0.3) is 0 Å². The Morgan fingerprint density at radius 2 is 1.94 bits per heavy atom. The van der Waals surface area contributed by atoms with Gasteiger partial charge in [0.2, 0.25) is 5.91 Å². The van der Waals surface area contributed by atoms with Gasteiger partial charge in [0.25, 0.3) is 0 Å². The lowest BCUT2D eigenvalue weighted by molar-refractivity contribution is -0.134. The van der Waals surface area contributed by atoms with Gasteiger partial charge in [0.05, 0.1) is 6.54 Å². The van der Waals surface area contributed by atoms with Crippen molar-refractivity contribution in [2.75, 3.05) is 32.8 Å². The molecule has 0 aromatic carbocycles. The topological polar surface area (TPSA) is 43.8 Å². The molecular weight excluding hydrogens is 216 g/mol. The zero-order valence-corrected chi connectivity index (χ0v) is 10.8. The Kier molecular flexibility index (Phi) is 4.40. The van der Waals surface area contributed by atoms with Gasteiger partial charge in [0.15, 0.2) is 0 Å². The van der Waals surface area contributed by atoms with Crippen molar-refractivity contribution in [2.24, 2.45) is 5.92 Å². The molecule has 0 spiro atoms. The van der Waals surface area contributed by atoms with Crippen molar-refractivity contribution < 1.29 is 9.90 Å². The van der Waals surface area contributed by atoms with Crippen LogP contribution in [-0.2, 0) is 4.79 Å². The maximum absolute atomic E-state index is 12.1. The van der Waals surface area contributed by atoms with E-state index in [1.807, 2.05) is 4.90 Å². The standard InChI is InChI=1S/C13H24N2O2/c1-2-14(12-3-4-12)9-13(17)15-7-5-11(10-16)6-8-15/h11-12,16H,2-10H2,1H3. The third-order valence-electron chi connectivity index (χ3n) is 4.03. The number of piperidine rings is 1. The highest BCUT2D eigenvalue weighted by Crippen LogP contribution is 2.26. The van der Waals surface area contributed by atoms with Crippen molar-refractivity contribution in [2.45, 2.75) is 38.6 Å². The molecule has 17 heavy (non-hydrogen) atoms. The number of aliphatic hydroxyl groups is 1. The molecule has 0 bridgehead atoms. The van der Waals surface area contributed by atoms with Gasteiger partial charge in [-0.3, -0.25) is 9.69 Å². The summed E-state index contributed by atoms with van der Waals surface area (Å²) in [4.78, 5) is 16.4. The van der Waals surface area contributed by atoms with Crippen molar-refractivity contribution in [3.05, 3.63) is 0 Å². The molecule has 4 nitrogen and oxygen atoms in total. The Hall–Kier alpha value is -0.610. The van der Waals surface area contributed by atoms with Crippen LogP contribution in [0.3, 0.4) is 0 Å². The SMILES string of the molecule is CCN(CC(=O)N1CCC(CO)CC1)C1CC1. The number of aliphatic hydroxyl groups excluding tert-OH is 1. The van der Waals surface area contributed by atoms with Crippen LogP contribution in [0.2, 0.25) is 0 Å². The first-order valence-corrected chi connectivity index (χ1v) is 6.87. The Labute approximate surface area is 104 Å². The van der Waals surface area contributed by atoms with E-state index in [0.717, 1.165) is 32.5 Å². The first-order chi connectivity index (χ1) is 8.24. The fraction of sp³-hybridized carbons (Fsp3) is 0.923. The summed E-state index contributed by atoms with van der Waals surface area (Å²) in [5, 5.41) is 9.07. The minimum atomic E-state index is 0.269. The van der Waals surface area contributed by atoms with Crippen LogP contribution in [0.4, 0.5) is 0 Å². The van der Waals surface area contributed by atoms with E-state index in [-0.39, 0.29) is 12.5 Å². The Morgan fingerprint density at radius 1 is 1.29 bits per heavy atom. The number of nitrogens with zero attached hydrogens (tertiary/aromatic N) is 2. The van der Waals surface area contributed by atoms with Gasteiger partial charge in [-0.2, -0.15) is 0 Å². The molecule has 1 N–H and O–H groups in total. The number of carbonyl (C=O) groups is 1. The largest absolute Gasteiger partial charge is 0.396 e. The predicted octanol–water partition coefficient (Wildman–Crippen LogP) is 0.702. The van der Waals surface area contributed by atoms with Crippen molar-refractivity contribution in [1.29, 1.82) is 0 Å². The van der Waals surface area contributed by atoms with E-state index in [1.54, 1.807) is 0 Å². The highest BCUT2D eigenvalue weighted by Gasteiger charge is 2.31. The quantitative estimate of drug-likeness (QED) is 0.769. The van der Waals surface area contributed by atoms with Crippen LogP contribution in [-0.4, -0.2) is 59.6 Å². The van der Waals surface area contributed by atoms with Crippen molar-refractivity contribution >= 4 is 5.91 Å².